The number of likely N-dealkylation sites (tertiary alicyclic amines) is 1. The number of nitrogens with zero attached hydrogens (tertiary/aromatic N) is 4. The number of aliphatic imine (C=N–C) groups is 1. The fraction of sp³-hybridized carbons (Fsp3) is 0.667. The molecule has 2 aliphatic heterocycles. The van der Waals surface area contributed by atoms with Crippen LogP contribution in [0.1, 0.15) is 43.7 Å². The van der Waals surface area contributed by atoms with Crippen molar-refractivity contribution in [2.24, 2.45) is 10.7 Å². The van der Waals surface area contributed by atoms with Crippen molar-refractivity contribution in [1.29, 1.82) is 0 Å². The smallest absolute Gasteiger partial charge is 0.191 e. The summed E-state index contributed by atoms with van der Waals surface area (Å²) in [6.45, 7) is 7.43. The Balaban J connectivity index is 1.50. The molecular formula is C21H35N5. The Labute approximate surface area is 158 Å². The van der Waals surface area contributed by atoms with Gasteiger partial charge in [0.1, 0.15) is 0 Å². The third kappa shape index (κ3) is 5.45. The molecule has 1 aromatic carbocycles. The molecule has 0 aliphatic carbocycles. The highest BCUT2D eigenvalue weighted by molar-refractivity contribution is 5.78. The fourth-order valence-corrected chi connectivity index (χ4v) is 4.08. The summed E-state index contributed by atoms with van der Waals surface area (Å²) in [6.07, 6.45) is 6.22. The minimum absolute atomic E-state index is 0.488. The largest absolute Gasteiger partial charge is 0.370 e. The molecule has 5 nitrogen and oxygen atoms in total. The van der Waals surface area contributed by atoms with Crippen LogP contribution in [0.3, 0.4) is 0 Å². The molecule has 0 spiro atoms. The van der Waals surface area contributed by atoms with Crippen molar-refractivity contribution in [3.05, 3.63) is 35.9 Å². The van der Waals surface area contributed by atoms with Gasteiger partial charge in [-0.05, 0) is 31.9 Å². The molecule has 26 heavy (non-hydrogen) atoms. The first-order valence-corrected chi connectivity index (χ1v) is 10.3. The lowest BCUT2D eigenvalue weighted by Gasteiger charge is -2.40. The maximum absolute atomic E-state index is 6.23. The zero-order chi connectivity index (χ0) is 18.2. The lowest BCUT2D eigenvalue weighted by atomic mass is 10.0. The second-order valence-electron chi connectivity index (χ2n) is 7.72. The van der Waals surface area contributed by atoms with Crippen molar-refractivity contribution < 1.29 is 0 Å². The van der Waals surface area contributed by atoms with Crippen LogP contribution in [0.25, 0.3) is 0 Å². The fourth-order valence-electron chi connectivity index (χ4n) is 4.08. The maximum atomic E-state index is 6.23. The summed E-state index contributed by atoms with van der Waals surface area (Å²) in [6, 6.07) is 11.4. The monoisotopic (exact) mass is 357 g/mol. The molecule has 0 saturated carbocycles. The molecule has 2 aliphatic rings. The van der Waals surface area contributed by atoms with E-state index < -0.39 is 0 Å². The number of likely N-dealkylation sites (N-methyl/N-ethyl adjacent to an activating group) is 1. The van der Waals surface area contributed by atoms with Gasteiger partial charge < -0.3 is 15.5 Å². The molecule has 144 valence electrons. The first kappa shape index (κ1) is 19.2. The molecule has 2 fully saturated rings. The first-order valence-electron chi connectivity index (χ1n) is 10.3. The van der Waals surface area contributed by atoms with E-state index in [9.17, 15) is 0 Å². The average molecular weight is 358 g/mol. The highest BCUT2D eigenvalue weighted by atomic mass is 15.3. The SMILES string of the molecule is CN1CCN(CCCN=C(N)N2CCCCCC2)C(c2ccccc2)C1. The summed E-state index contributed by atoms with van der Waals surface area (Å²) in [5, 5.41) is 0. The number of hydrogen-bond donors (Lipinski definition) is 1. The highest BCUT2D eigenvalue weighted by Gasteiger charge is 2.25. The lowest BCUT2D eigenvalue weighted by molar-refractivity contribution is 0.0894. The first-order chi connectivity index (χ1) is 12.7. The van der Waals surface area contributed by atoms with Crippen LogP contribution in [0.4, 0.5) is 0 Å². The van der Waals surface area contributed by atoms with Gasteiger partial charge >= 0.3 is 0 Å². The van der Waals surface area contributed by atoms with Crippen LogP contribution < -0.4 is 5.73 Å². The summed E-state index contributed by atoms with van der Waals surface area (Å²) < 4.78 is 0. The standard InChI is InChI=1S/C21H35N5/c1-24-16-17-25(20(18-24)19-10-5-4-6-11-19)15-9-12-23-21(22)26-13-7-2-3-8-14-26/h4-6,10-11,20H,2-3,7-9,12-18H2,1H3,(H2,22,23). The molecule has 0 aromatic heterocycles. The molecule has 5 heteroatoms. The predicted molar refractivity (Wildman–Crippen MR) is 109 cm³/mol. The normalized spacial score (nSPS) is 23.8. The third-order valence-electron chi connectivity index (χ3n) is 5.69. The molecule has 1 unspecified atom stereocenters. The Morgan fingerprint density at radius 1 is 1.04 bits per heavy atom. The lowest BCUT2D eigenvalue weighted by Crippen LogP contribution is -2.47. The topological polar surface area (TPSA) is 48.1 Å². The molecular weight excluding hydrogens is 322 g/mol. The number of hydrogen-bond acceptors (Lipinski definition) is 3. The van der Waals surface area contributed by atoms with Gasteiger partial charge in [-0.1, -0.05) is 43.2 Å². The zero-order valence-electron chi connectivity index (χ0n) is 16.3. The molecule has 1 aromatic rings. The number of nitrogens with two attached hydrogens (primary N) is 1. The van der Waals surface area contributed by atoms with Crippen LogP contribution in [-0.2, 0) is 0 Å². The molecule has 0 amide bonds. The van der Waals surface area contributed by atoms with E-state index in [0.29, 0.717) is 6.04 Å². The zero-order valence-corrected chi connectivity index (χ0v) is 16.3. The summed E-state index contributed by atoms with van der Waals surface area (Å²) in [4.78, 5) is 12.0. The second kappa shape index (κ2) is 9.93. The Bertz CT molecular complexity index is 551. The Hall–Kier alpha value is -1.59. The van der Waals surface area contributed by atoms with Gasteiger partial charge in [0.2, 0.25) is 0 Å². The van der Waals surface area contributed by atoms with E-state index in [1.165, 1.54) is 31.2 Å². The Kier molecular flexibility index (Phi) is 7.32. The third-order valence-corrected chi connectivity index (χ3v) is 5.69. The average Bonchev–Trinajstić information content (AvgIpc) is 2.96. The summed E-state index contributed by atoms with van der Waals surface area (Å²) in [5.74, 6) is 0.755. The minimum atomic E-state index is 0.488. The van der Waals surface area contributed by atoms with Crippen LogP contribution >= 0.6 is 0 Å². The van der Waals surface area contributed by atoms with Crippen molar-refractivity contribution in [3.8, 4) is 0 Å². The van der Waals surface area contributed by atoms with E-state index in [-0.39, 0.29) is 0 Å². The molecule has 2 N–H and O–H groups in total. The number of benzene rings is 1. The number of rotatable bonds is 5. The predicted octanol–water partition coefficient (Wildman–Crippen LogP) is 2.56. The molecule has 1 atom stereocenters. The molecule has 3 rings (SSSR count). The van der Waals surface area contributed by atoms with Gasteiger partial charge in [-0.3, -0.25) is 9.89 Å². The summed E-state index contributed by atoms with van der Waals surface area (Å²) >= 11 is 0. The van der Waals surface area contributed by atoms with Crippen molar-refractivity contribution in [3.63, 3.8) is 0 Å². The van der Waals surface area contributed by atoms with E-state index in [2.05, 4.69) is 57.1 Å². The van der Waals surface area contributed by atoms with E-state index in [1.807, 2.05) is 0 Å². The van der Waals surface area contributed by atoms with Crippen molar-refractivity contribution in [2.45, 2.75) is 38.1 Å². The van der Waals surface area contributed by atoms with Gasteiger partial charge in [0.15, 0.2) is 5.96 Å². The maximum Gasteiger partial charge on any atom is 0.191 e. The van der Waals surface area contributed by atoms with E-state index in [4.69, 9.17) is 5.73 Å². The van der Waals surface area contributed by atoms with Crippen LogP contribution in [-0.4, -0.2) is 73.5 Å². The Morgan fingerprint density at radius 2 is 1.77 bits per heavy atom. The Morgan fingerprint density at radius 3 is 2.50 bits per heavy atom. The minimum Gasteiger partial charge on any atom is -0.370 e. The summed E-state index contributed by atoms with van der Waals surface area (Å²) in [7, 11) is 2.22. The van der Waals surface area contributed by atoms with Gasteiger partial charge in [0, 0.05) is 51.9 Å². The molecule has 2 saturated heterocycles. The molecule has 0 bridgehead atoms. The van der Waals surface area contributed by atoms with Crippen LogP contribution in [0.5, 0.6) is 0 Å². The van der Waals surface area contributed by atoms with Crippen molar-refractivity contribution in [1.82, 2.24) is 14.7 Å². The highest BCUT2D eigenvalue weighted by Crippen LogP contribution is 2.24. The van der Waals surface area contributed by atoms with Crippen LogP contribution in [0.2, 0.25) is 0 Å². The quantitative estimate of drug-likeness (QED) is 0.500. The van der Waals surface area contributed by atoms with E-state index in [1.54, 1.807) is 0 Å². The van der Waals surface area contributed by atoms with Gasteiger partial charge in [-0.25, -0.2) is 0 Å². The van der Waals surface area contributed by atoms with Crippen LogP contribution in [0.15, 0.2) is 35.3 Å². The number of guanidine groups is 1. The second-order valence-corrected chi connectivity index (χ2v) is 7.72. The molecule has 2 heterocycles. The number of piperazine rings is 1. The van der Waals surface area contributed by atoms with E-state index in [0.717, 1.165) is 58.2 Å². The van der Waals surface area contributed by atoms with E-state index >= 15 is 0 Å². The summed E-state index contributed by atoms with van der Waals surface area (Å²) in [5.41, 5.74) is 7.65. The van der Waals surface area contributed by atoms with Gasteiger partial charge in [0.25, 0.3) is 0 Å². The van der Waals surface area contributed by atoms with Crippen LogP contribution in [0, 0.1) is 0 Å². The molecule has 0 radical (unpaired) electrons. The van der Waals surface area contributed by atoms with Gasteiger partial charge in [-0.15, -0.1) is 0 Å². The van der Waals surface area contributed by atoms with Gasteiger partial charge in [-0.2, -0.15) is 0 Å². The van der Waals surface area contributed by atoms with Gasteiger partial charge in [0.05, 0.1) is 0 Å². The van der Waals surface area contributed by atoms with Crippen molar-refractivity contribution in [2.75, 3.05) is 52.9 Å². The van der Waals surface area contributed by atoms with Crippen molar-refractivity contribution >= 4 is 5.96 Å².